The predicted molar refractivity (Wildman–Crippen MR) is 91.0 cm³/mol. The summed E-state index contributed by atoms with van der Waals surface area (Å²) in [6.07, 6.45) is 12.0. The van der Waals surface area contributed by atoms with Crippen LogP contribution in [0.2, 0.25) is 0 Å². The molecule has 2 nitrogen and oxygen atoms in total. The lowest BCUT2D eigenvalue weighted by atomic mass is 9.78. The van der Waals surface area contributed by atoms with Crippen LogP contribution < -0.4 is 4.74 Å². The van der Waals surface area contributed by atoms with E-state index < -0.39 is 5.97 Å². The van der Waals surface area contributed by atoms with Crippen LogP contribution in [0.4, 0.5) is 0 Å². The van der Waals surface area contributed by atoms with Gasteiger partial charge in [0.05, 0.1) is 0 Å². The second kappa shape index (κ2) is 8.77. The number of benzene rings is 1. The Morgan fingerprint density at radius 3 is 2.27 bits per heavy atom. The molecule has 0 spiro atoms. The first-order valence-electron chi connectivity index (χ1n) is 8.64. The van der Waals surface area contributed by atoms with Crippen molar-refractivity contribution in [3.63, 3.8) is 0 Å². The summed E-state index contributed by atoms with van der Waals surface area (Å²) in [4.78, 5) is 11.1. The van der Waals surface area contributed by atoms with Crippen LogP contribution in [0.25, 0.3) is 0 Å². The average Bonchev–Trinajstić information content (AvgIpc) is 2.56. The predicted octanol–water partition coefficient (Wildman–Crippen LogP) is 5.32. The molecule has 2 heteroatoms. The minimum absolute atomic E-state index is 0.406. The molecule has 0 aromatic heterocycles. The third-order valence-corrected chi connectivity index (χ3v) is 4.81. The van der Waals surface area contributed by atoms with Gasteiger partial charge in [-0.15, -0.1) is 0 Å². The molecular weight excluding hydrogens is 272 g/mol. The summed E-state index contributed by atoms with van der Waals surface area (Å²) < 4.78 is 5.09. The zero-order valence-corrected chi connectivity index (χ0v) is 13.7. The molecule has 1 fully saturated rings. The van der Waals surface area contributed by atoms with Gasteiger partial charge >= 0.3 is 5.97 Å². The molecule has 0 unspecified atom stereocenters. The van der Waals surface area contributed by atoms with Gasteiger partial charge in [0.15, 0.2) is 0 Å². The van der Waals surface area contributed by atoms with Gasteiger partial charge in [-0.05, 0) is 42.4 Å². The second-order valence-corrected chi connectivity index (χ2v) is 6.48. The summed E-state index contributed by atoms with van der Waals surface area (Å²) in [6, 6.07) is 7.87. The van der Waals surface area contributed by atoms with E-state index in [9.17, 15) is 4.79 Å². The third kappa shape index (κ3) is 5.32. The number of hydrogen-bond donors (Lipinski definition) is 0. The third-order valence-electron chi connectivity index (χ3n) is 4.81. The molecule has 1 aliphatic carbocycles. The molecule has 22 heavy (non-hydrogen) atoms. The molecule has 0 heterocycles. The Kier molecular flexibility index (Phi) is 6.70. The number of rotatable bonds is 7. The van der Waals surface area contributed by atoms with Gasteiger partial charge in [-0.1, -0.05) is 64.2 Å². The fourth-order valence-electron chi connectivity index (χ4n) is 3.47. The fraction of sp³-hybridized carbons (Fsp3) is 0.550. The van der Waals surface area contributed by atoms with Gasteiger partial charge < -0.3 is 4.74 Å². The van der Waals surface area contributed by atoms with E-state index in [0.717, 1.165) is 18.3 Å². The number of esters is 1. The first-order valence-corrected chi connectivity index (χ1v) is 8.64. The Hall–Kier alpha value is -1.57. The largest absolute Gasteiger partial charge is 0.423 e. The van der Waals surface area contributed by atoms with Gasteiger partial charge in [-0.3, -0.25) is 0 Å². The molecule has 0 radical (unpaired) electrons. The Balaban J connectivity index is 1.73. The SMILES string of the molecule is C=CC(=O)Oc1ccc(CCC2CCC(CCC)CC2)cc1. The Morgan fingerprint density at radius 1 is 1.14 bits per heavy atom. The van der Waals surface area contributed by atoms with E-state index in [1.165, 1.54) is 56.6 Å². The molecule has 1 aromatic carbocycles. The maximum Gasteiger partial charge on any atom is 0.335 e. The van der Waals surface area contributed by atoms with E-state index in [4.69, 9.17) is 4.74 Å². The fourth-order valence-corrected chi connectivity index (χ4v) is 3.47. The zero-order chi connectivity index (χ0) is 15.8. The monoisotopic (exact) mass is 300 g/mol. The first-order chi connectivity index (χ1) is 10.7. The van der Waals surface area contributed by atoms with E-state index in [1.807, 2.05) is 12.1 Å². The van der Waals surface area contributed by atoms with Crippen molar-refractivity contribution in [2.75, 3.05) is 0 Å². The van der Waals surface area contributed by atoms with Crippen molar-refractivity contribution < 1.29 is 9.53 Å². The number of aryl methyl sites for hydroxylation is 1. The molecule has 0 N–H and O–H groups in total. The minimum Gasteiger partial charge on any atom is -0.423 e. The van der Waals surface area contributed by atoms with Crippen LogP contribution in [0.15, 0.2) is 36.9 Å². The van der Waals surface area contributed by atoms with Crippen molar-refractivity contribution in [2.24, 2.45) is 11.8 Å². The van der Waals surface area contributed by atoms with Crippen LogP contribution in [-0.2, 0) is 11.2 Å². The highest BCUT2D eigenvalue weighted by Crippen LogP contribution is 2.33. The van der Waals surface area contributed by atoms with Crippen molar-refractivity contribution in [1.82, 2.24) is 0 Å². The summed E-state index contributed by atoms with van der Waals surface area (Å²) in [5.41, 5.74) is 1.33. The molecule has 1 aliphatic rings. The maximum atomic E-state index is 11.1. The summed E-state index contributed by atoms with van der Waals surface area (Å²) >= 11 is 0. The average molecular weight is 300 g/mol. The lowest BCUT2D eigenvalue weighted by Crippen LogP contribution is -2.15. The van der Waals surface area contributed by atoms with E-state index in [-0.39, 0.29) is 0 Å². The number of ether oxygens (including phenoxy) is 1. The number of carbonyl (C=O) groups excluding carboxylic acids is 1. The molecule has 0 bridgehead atoms. The molecule has 0 aliphatic heterocycles. The molecule has 0 saturated heterocycles. The zero-order valence-electron chi connectivity index (χ0n) is 13.7. The van der Waals surface area contributed by atoms with Gasteiger partial charge in [0.2, 0.25) is 0 Å². The number of carbonyl (C=O) groups is 1. The van der Waals surface area contributed by atoms with Crippen molar-refractivity contribution >= 4 is 5.97 Å². The van der Waals surface area contributed by atoms with Gasteiger partial charge in [0.1, 0.15) is 5.75 Å². The van der Waals surface area contributed by atoms with Gasteiger partial charge in [-0.2, -0.15) is 0 Å². The lowest BCUT2D eigenvalue weighted by Gasteiger charge is -2.28. The van der Waals surface area contributed by atoms with Crippen LogP contribution in [0.3, 0.4) is 0 Å². The lowest BCUT2D eigenvalue weighted by molar-refractivity contribution is -0.128. The van der Waals surface area contributed by atoms with Crippen LogP contribution in [-0.4, -0.2) is 5.97 Å². The van der Waals surface area contributed by atoms with Gasteiger partial charge in [0.25, 0.3) is 0 Å². The summed E-state index contributed by atoms with van der Waals surface area (Å²) in [5, 5.41) is 0. The Bertz CT molecular complexity index is 467. The topological polar surface area (TPSA) is 26.3 Å². The van der Waals surface area contributed by atoms with Crippen molar-refractivity contribution in [3.8, 4) is 5.75 Å². The van der Waals surface area contributed by atoms with Crippen molar-refractivity contribution in [2.45, 2.75) is 58.3 Å². The van der Waals surface area contributed by atoms with E-state index in [1.54, 1.807) is 0 Å². The van der Waals surface area contributed by atoms with Gasteiger partial charge in [0, 0.05) is 6.08 Å². The Morgan fingerprint density at radius 2 is 1.73 bits per heavy atom. The quantitative estimate of drug-likeness (QED) is 0.387. The maximum absolute atomic E-state index is 11.1. The summed E-state index contributed by atoms with van der Waals surface area (Å²) in [5.74, 6) is 2.07. The van der Waals surface area contributed by atoms with E-state index >= 15 is 0 Å². The molecule has 0 atom stereocenters. The highest BCUT2D eigenvalue weighted by atomic mass is 16.5. The van der Waals surface area contributed by atoms with E-state index in [2.05, 4.69) is 25.6 Å². The van der Waals surface area contributed by atoms with E-state index in [0.29, 0.717) is 5.75 Å². The van der Waals surface area contributed by atoms with Crippen LogP contribution >= 0.6 is 0 Å². The van der Waals surface area contributed by atoms with Crippen LogP contribution in [0, 0.1) is 11.8 Å². The standard InChI is InChI=1S/C20H28O2/c1-3-5-16-6-8-17(9-7-16)10-11-18-12-14-19(15-13-18)22-20(21)4-2/h4,12-17H,2-3,5-11H2,1H3. The molecular formula is C20H28O2. The highest BCUT2D eigenvalue weighted by Gasteiger charge is 2.20. The second-order valence-electron chi connectivity index (χ2n) is 6.48. The molecule has 1 saturated carbocycles. The van der Waals surface area contributed by atoms with Crippen molar-refractivity contribution in [1.29, 1.82) is 0 Å². The first kappa shape index (κ1) is 16.8. The molecule has 0 amide bonds. The van der Waals surface area contributed by atoms with Crippen LogP contribution in [0.1, 0.15) is 57.4 Å². The normalized spacial score (nSPS) is 21.3. The molecule has 2 rings (SSSR count). The summed E-state index contributed by atoms with van der Waals surface area (Å²) in [6.45, 7) is 5.69. The van der Waals surface area contributed by atoms with Crippen molar-refractivity contribution in [3.05, 3.63) is 42.5 Å². The van der Waals surface area contributed by atoms with Gasteiger partial charge in [-0.25, -0.2) is 4.79 Å². The molecule has 1 aromatic rings. The minimum atomic E-state index is -0.406. The smallest absolute Gasteiger partial charge is 0.335 e. The Labute approximate surface area is 134 Å². The van der Waals surface area contributed by atoms with Crippen LogP contribution in [0.5, 0.6) is 5.75 Å². The molecule has 120 valence electrons. The highest BCUT2D eigenvalue weighted by molar-refractivity contribution is 5.83. The number of hydrogen-bond acceptors (Lipinski definition) is 2. The summed E-state index contributed by atoms with van der Waals surface area (Å²) in [7, 11) is 0.